The minimum atomic E-state index is 0.561. The topological polar surface area (TPSA) is 53.1 Å². The van der Waals surface area contributed by atoms with Crippen LogP contribution in [-0.2, 0) is 6.54 Å². The lowest BCUT2D eigenvalue weighted by molar-refractivity contribution is 0.545. The molecule has 4 heteroatoms. The molecule has 0 aliphatic rings. The van der Waals surface area contributed by atoms with Crippen LogP contribution in [0.5, 0.6) is 0 Å². The lowest BCUT2D eigenvalue weighted by atomic mass is 10.2. The van der Waals surface area contributed by atoms with Gasteiger partial charge in [0, 0.05) is 18.6 Å². The molecule has 0 fully saturated rings. The second-order valence-corrected chi connectivity index (χ2v) is 4.59. The van der Waals surface area contributed by atoms with Crippen molar-refractivity contribution in [2.24, 2.45) is 0 Å². The van der Waals surface area contributed by atoms with E-state index in [1.807, 2.05) is 42.3 Å². The molecule has 0 aliphatic carbocycles. The van der Waals surface area contributed by atoms with Crippen molar-refractivity contribution in [1.29, 1.82) is 5.26 Å². The van der Waals surface area contributed by atoms with Gasteiger partial charge in [0.25, 0.3) is 0 Å². The van der Waals surface area contributed by atoms with Crippen LogP contribution in [0.1, 0.15) is 11.3 Å². The number of hydrogen-bond acceptors (Lipinski definition) is 4. The van der Waals surface area contributed by atoms with E-state index < -0.39 is 0 Å². The first-order chi connectivity index (χ1) is 9.78. The summed E-state index contributed by atoms with van der Waals surface area (Å²) in [6.45, 7) is 0.570. The van der Waals surface area contributed by atoms with Gasteiger partial charge in [-0.15, -0.1) is 0 Å². The van der Waals surface area contributed by atoms with Gasteiger partial charge in [-0.2, -0.15) is 5.26 Å². The lowest BCUT2D eigenvalue weighted by Gasteiger charge is -2.17. The maximum absolute atomic E-state index is 9.11. The average Bonchev–Trinajstić information content (AvgIpc) is 2.89. The molecule has 0 saturated carbocycles. The smallest absolute Gasteiger partial charge is 0.146 e. The first-order valence-electron chi connectivity index (χ1n) is 6.31. The molecule has 3 rings (SSSR count). The summed E-state index contributed by atoms with van der Waals surface area (Å²) in [5.41, 5.74) is 1.43. The molecule has 1 aromatic carbocycles. The summed E-state index contributed by atoms with van der Waals surface area (Å²) in [4.78, 5) is 6.17. The van der Waals surface area contributed by atoms with Gasteiger partial charge in [0.05, 0.1) is 12.1 Å². The fourth-order valence-electron chi connectivity index (χ4n) is 2.21. The molecule has 0 radical (unpaired) electrons. The van der Waals surface area contributed by atoms with Gasteiger partial charge >= 0.3 is 0 Å². The largest absolute Gasteiger partial charge is 0.459 e. The van der Waals surface area contributed by atoms with Gasteiger partial charge in [-0.25, -0.2) is 4.98 Å². The summed E-state index contributed by atoms with van der Waals surface area (Å²) in [5, 5.41) is 10.2. The molecule has 0 amide bonds. The molecule has 0 atom stereocenters. The van der Waals surface area contributed by atoms with E-state index in [1.165, 1.54) is 0 Å². The molecule has 4 nitrogen and oxygen atoms in total. The number of furan rings is 1. The fraction of sp³-hybridized carbons (Fsp3) is 0.125. The van der Waals surface area contributed by atoms with Gasteiger partial charge in [-0.1, -0.05) is 18.2 Å². The number of rotatable bonds is 3. The Balaban J connectivity index is 1.88. The van der Waals surface area contributed by atoms with Crippen molar-refractivity contribution in [3.8, 4) is 6.07 Å². The Morgan fingerprint density at radius 3 is 2.90 bits per heavy atom. The number of benzene rings is 1. The van der Waals surface area contributed by atoms with Crippen molar-refractivity contribution in [2.75, 3.05) is 11.9 Å². The second-order valence-electron chi connectivity index (χ2n) is 4.59. The van der Waals surface area contributed by atoms with Crippen molar-refractivity contribution < 1.29 is 4.42 Å². The van der Waals surface area contributed by atoms with Crippen LogP contribution < -0.4 is 4.90 Å². The average molecular weight is 263 g/mol. The Kier molecular flexibility index (Phi) is 3.10. The Labute approximate surface area is 116 Å². The van der Waals surface area contributed by atoms with Gasteiger partial charge in [0.2, 0.25) is 0 Å². The summed E-state index contributed by atoms with van der Waals surface area (Å²) in [5.74, 6) is 1.51. The summed E-state index contributed by atoms with van der Waals surface area (Å²) in [7, 11) is 1.90. The predicted molar refractivity (Wildman–Crippen MR) is 77.3 cm³/mol. The van der Waals surface area contributed by atoms with E-state index >= 15 is 0 Å². The third-order valence-corrected chi connectivity index (χ3v) is 3.14. The van der Waals surface area contributed by atoms with E-state index in [9.17, 15) is 0 Å². The highest BCUT2D eigenvalue weighted by Gasteiger charge is 2.11. The van der Waals surface area contributed by atoms with Crippen LogP contribution in [0, 0.1) is 11.3 Å². The minimum absolute atomic E-state index is 0.561. The summed E-state index contributed by atoms with van der Waals surface area (Å²) in [6, 6.07) is 15.6. The molecule has 20 heavy (non-hydrogen) atoms. The van der Waals surface area contributed by atoms with Crippen molar-refractivity contribution in [3.63, 3.8) is 0 Å². The van der Waals surface area contributed by atoms with Crippen LogP contribution in [0.2, 0.25) is 0 Å². The van der Waals surface area contributed by atoms with Crippen LogP contribution in [0.3, 0.4) is 0 Å². The van der Waals surface area contributed by atoms with E-state index in [-0.39, 0.29) is 0 Å². The Bertz CT molecular complexity index is 753. The third kappa shape index (κ3) is 2.21. The van der Waals surface area contributed by atoms with E-state index in [0.717, 1.165) is 16.7 Å². The lowest BCUT2D eigenvalue weighted by Crippen LogP contribution is -2.18. The van der Waals surface area contributed by atoms with Crippen LogP contribution >= 0.6 is 0 Å². The second kappa shape index (κ2) is 5.06. The number of aromatic nitrogens is 1. The highest BCUT2D eigenvalue weighted by molar-refractivity contribution is 5.77. The number of nitriles is 1. The zero-order valence-corrected chi connectivity index (χ0v) is 11.1. The highest BCUT2D eigenvalue weighted by atomic mass is 16.3. The molecule has 0 aliphatic heterocycles. The monoisotopic (exact) mass is 263 g/mol. The maximum atomic E-state index is 9.11. The van der Waals surface area contributed by atoms with Gasteiger partial charge in [-0.3, -0.25) is 0 Å². The van der Waals surface area contributed by atoms with E-state index in [2.05, 4.69) is 11.1 Å². The van der Waals surface area contributed by atoms with Gasteiger partial charge < -0.3 is 9.32 Å². The molecule has 0 spiro atoms. The number of pyridine rings is 1. The Hall–Kier alpha value is -2.80. The van der Waals surface area contributed by atoms with Crippen molar-refractivity contribution >= 4 is 16.8 Å². The molecular formula is C16H13N3O. The van der Waals surface area contributed by atoms with Crippen LogP contribution in [-0.4, -0.2) is 12.0 Å². The third-order valence-electron chi connectivity index (χ3n) is 3.14. The highest BCUT2D eigenvalue weighted by Crippen LogP contribution is 2.22. The van der Waals surface area contributed by atoms with Crippen molar-refractivity contribution in [1.82, 2.24) is 4.98 Å². The first-order valence-corrected chi connectivity index (χ1v) is 6.31. The number of nitrogens with zero attached hydrogens (tertiary/aromatic N) is 3. The molecule has 98 valence electrons. The van der Waals surface area contributed by atoms with E-state index in [4.69, 9.17) is 9.68 Å². The molecule has 0 N–H and O–H groups in total. The Morgan fingerprint density at radius 2 is 2.10 bits per heavy atom. The maximum Gasteiger partial charge on any atom is 0.146 e. The number of fused-ring (bicyclic) bond motifs is 1. The number of hydrogen-bond donors (Lipinski definition) is 0. The summed E-state index contributed by atoms with van der Waals surface area (Å²) >= 11 is 0. The molecule has 0 unspecified atom stereocenters. The normalized spacial score (nSPS) is 10.4. The SMILES string of the molecule is CN(Cc1cc2ccccc2o1)c1ncccc1C#N. The van der Waals surface area contributed by atoms with Crippen LogP contribution in [0.15, 0.2) is 53.1 Å². The van der Waals surface area contributed by atoms with Crippen molar-refractivity contribution in [2.45, 2.75) is 6.54 Å². The minimum Gasteiger partial charge on any atom is -0.459 e. The zero-order chi connectivity index (χ0) is 13.9. The summed E-state index contributed by atoms with van der Waals surface area (Å²) < 4.78 is 5.78. The molecule has 0 saturated heterocycles. The van der Waals surface area contributed by atoms with E-state index in [0.29, 0.717) is 17.9 Å². The molecule has 2 aromatic heterocycles. The first kappa shape index (κ1) is 12.2. The number of para-hydroxylation sites is 1. The van der Waals surface area contributed by atoms with Crippen molar-refractivity contribution in [3.05, 3.63) is 60.0 Å². The van der Waals surface area contributed by atoms with Crippen LogP contribution in [0.4, 0.5) is 5.82 Å². The van der Waals surface area contributed by atoms with Gasteiger partial charge in [0.15, 0.2) is 0 Å². The van der Waals surface area contributed by atoms with Gasteiger partial charge in [-0.05, 0) is 24.3 Å². The zero-order valence-electron chi connectivity index (χ0n) is 11.1. The fourth-order valence-corrected chi connectivity index (χ4v) is 2.21. The standard InChI is InChI=1S/C16H13N3O/c1-19(16-13(10-17)6-4-8-18-16)11-14-9-12-5-2-3-7-15(12)20-14/h2-9H,11H2,1H3. The molecule has 3 aromatic rings. The molecule has 0 bridgehead atoms. The summed E-state index contributed by atoms with van der Waals surface area (Å²) in [6.07, 6.45) is 1.69. The van der Waals surface area contributed by atoms with E-state index in [1.54, 1.807) is 18.3 Å². The Morgan fingerprint density at radius 1 is 1.25 bits per heavy atom. The number of anilines is 1. The predicted octanol–water partition coefficient (Wildman–Crippen LogP) is 3.34. The quantitative estimate of drug-likeness (QED) is 0.727. The van der Waals surface area contributed by atoms with Gasteiger partial charge in [0.1, 0.15) is 23.2 Å². The molecular weight excluding hydrogens is 250 g/mol. The van der Waals surface area contributed by atoms with Crippen LogP contribution in [0.25, 0.3) is 11.0 Å². The molecule has 2 heterocycles.